The van der Waals surface area contributed by atoms with Crippen molar-refractivity contribution in [1.29, 1.82) is 0 Å². The highest BCUT2D eigenvalue weighted by atomic mass is 127. The van der Waals surface area contributed by atoms with Gasteiger partial charge in [-0.1, -0.05) is 6.07 Å². The highest BCUT2D eigenvalue weighted by Gasteiger charge is 2.45. The number of hydrogen-bond acceptors (Lipinski definition) is 5. The third-order valence-corrected chi connectivity index (χ3v) is 6.27. The van der Waals surface area contributed by atoms with Crippen molar-refractivity contribution in [3.05, 3.63) is 23.8 Å². The first-order valence-electron chi connectivity index (χ1n) is 10.8. The summed E-state index contributed by atoms with van der Waals surface area (Å²) in [5.41, 5.74) is 1.50. The Balaban J connectivity index is 0.00000256. The standard InChI is InChI=1S/C22H34N4O3.HI/c1-4-23-20(24-14-21(2,3)26-9-11-27-12-10-26)25-15-22(7-8-22)17-5-6-18-19(13-17)29-16-28-18;/h5-6,13H,4,7-12,14-16H2,1-3H3,(H2,23,24,25);1H. The van der Waals surface area contributed by atoms with Gasteiger partial charge < -0.3 is 24.8 Å². The lowest BCUT2D eigenvalue weighted by Gasteiger charge is -2.40. The first-order chi connectivity index (χ1) is 14.0. The highest BCUT2D eigenvalue weighted by Crippen LogP contribution is 2.49. The van der Waals surface area contributed by atoms with Crippen LogP contribution in [-0.2, 0) is 10.2 Å². The quantitative estimate of drug-likeness (QED) is 0.321. The molecule has 0 bridgehead atoms. The Kier molecular flexibility index (Phi) is 7.73. The molecule has 0 aromatic heterocycles. The monoisotopic (exact) mass is 530 g/mol. The van der Waals surface area contributed by atoms with Gasteiger partial charge in [0.05, 0.1) is 19.8 Å². The Morgan fingerprint density at radius 3 is 2.57 bits per heavy atom. The van der Waals surface area contributed by atoms with Crippen LogP contribution in [0, 0.1) is 0 Å². The Labute approximate surface area is 196 Å². The van der Waals surface area contributed by atoms with E-state index in [2.05, 4.69) is 48.4 Å². The molecule has 3 aliphatic rings. The van der Waals surface area contributed by atoms with Crippen LogP contribution in [0.4, 0.5) is 0 Å². The van der Waals surface area contributed by atoms with Gasteiger partial charge in [0.1, 0.15) is 0 Å². The van der Waals surface area contributed by atoms with E-state index < -0.39 is 0 Å². The molecule has 0 atom stereocenters. The molecule has 1 aromatic rings. The zero-order valence-electron chi connectivity index (χ0n) is 18.3. The lowest BCUT2D eigenvalue weighted by Crippen LogP contribution is -2.52. The summed E-state index contributed by atoms with van der Waals surface area (Å²) in [6, 6.07) is 6.35. The molecule has 0 radical (unpaired) electrons. The summed E-state index contributed by atoms with van der Waals surface area (Å²) in [4.78, 5) is 7.38. The van der Waals surface area contributed by atoms with E-state index in [9.17, 15) is 0 Å². The number of halogens is 1. The first kappa shape index (κ1) is 23.4. The van der Waals surface area contributed by atoms with Crippen molar-refractivity contribution >= 4 is 29.9 Å². The molecule has 2 aliphatic heterocycles. The maximum absolute atomic E-state index is 5.57. The van der Waals surface area contributed by atoms with Gasteiger partial charge in [0.2, 0.25) is 6.79 Å². The largest absolute Gasteiger partial charge is 0.454 e. The Morgan fingerprint density at radius 1 is 1.13 bits per heavy atom. The molecule has 0 unspecified atom stereocenters. The van der Waals surface area contributed by atoms with Gasteiger partial charge in [-0.05, 0) is 51.3 Å². The van der Waals surface area contributed by atoms with Crippen LogP contribution in [0.25, 0.3) is 0 Å². The third kappa shape index (κ3) is 5.31. The minimum absolute atomic E-state index is 0. The molecule has 1 aliphatic carbocycles. The molecule has 4 rings (SSSR count). The second-order valence-electron chi connectivity index (χ2n) is 8.81. The number of aliphatic imine (C=N–C) groups is 1. The normalized spacial score (nSPS) is 20.4. The average molecular weight is 530 g/mol. The van der Waals surface area contributed by atoms with Crippen LogP contribution in [0.1, 0.15) is 39.2 Å². The van der Waals surface area contributed by atoms with Crippen LogP contribution >= 0.6 is 24.0 Å². The predicted molar refractivity (Wildman–Crippen MR) is 129 cm³/mol. The van der Waals surface area contributed by atoms with Gasteiger partial charge in [-0.3, -0.25) is 9.89 Å². The van der Waals surface area contributed by atoms with E-state index in [1.165, 1.54) is 18.4 Å². The number of nitrogens with one attached hydrogen (secondary N) is 2. The topological polar surface area (TPSA) is 67.4 Å². The van der Waals surface area contributed by atoms with Gasteiger partial charge in [-0.25, -0.2) is 0 Å². The molecular weight excluding hydrogens is 495 g/mol. The molecule has 2 heterocycles. The van der Waals surface area contributed by atoms with Gasteiger partial charge in [0, 0.05) is 37.1 Å². The Hall–Kier alpha value is -1.26. The molecule has 0 amide bonds. The van der Waals surface area contributed by atoms with Crippen LogP contribution in [-0.4, -0.2) is 69.1 Å². The Bertz CT molecular complexity index is 746. The zero-order valence-corrected chi connectivity index (χ0v) is 20.7. The van der Waals surface area contributed by atoms with Gasteiger partial charge in [0.25, 0.3) is 0 Å². The molecular formula is C22H35IN4O3. The maximum atomic E-state index is 5.57. The summed E-state index contributed by atoms with van der Waals surface area (Å²) in [7, 11) is 0. The number of guanidine groups is 1. The molecule has 0 spiro atoms. The number of benzene rings is 1. The van der Waals surface area contributed by atoms with E-state index in [0.29, 0.717) is 6.79 Å². The summed E-state index contributed by atoms with van der Waals surface area (Å²) >= 11 is 0. The van der Waals surface area contributed by atoms with Gasteiger partial charge in [-0.2, -0.15) is 0 Å². The van der Waals surface area contributed by atoms with E-state index in [-0.39, 0.29) is 34.9 Å². The Morgan fingerprint density at radius 2 is 1.87 bits per heavy atom. The van der Waals surface area contributed by atoms with Gasteiger partial charge in [0.15, 0.2) is 17.5 Å². The molecule has 168 valence electrons. The third-order valence-electron chi connectivity index (χ3n) is 6.27. The molecule has 2 fully saturated rings. The van der Waals surface area contributed by atoms with E-state index in [1.807, 2.05) is 6.07 Å². The van der Waals surface area contributed by atoms with Crippen molar-refractivity contribution in [2.45, 2.75) is 44.6 Å². The molecule has 1 saturated heterocycles. The molecule has 2 N–H and O–H groups in total. The smallest absolute Gasteiger partial charge is 0.231 e. The van der Waals surface area contributed by atoms with E-state index in [1.54, 1.807) is 0 Å². The minimum atomic E-state index is 0. The summed E-state index contributed by atoms with van der Waals surface area (Å²) < 4.78 is 16.5. The van der Waals surface area contributed by atoms with Crippen molar-refractivity contribution in [2.24, 2.45) is 4.99 Å². The van der Waals surface area contributed by atoms with Crippen molar-refractivity contribution in [3.8, 4) is 11.5 Å². The SMILES string of the molecule is CCNC(=NCC(C)(C)N1CCOCC1)NCC1(c2ccc3c(c2)OCO3)CC1.I. The van der Waals surface area contributed by atoms with Crippen molar-refractivity contribution in [2.75, 3.05) is 52.7 Å². The fraction of sp³-hybridized carbons (Fsp3) is 0.682. The fourth-order valence-corrected chi connectivity index (χ4v) is 4.08. The number of nitrogens with zero attached hydrogens (tertiary/aromatic N) is 2. The molecule has 30 heavy (non-hydrogen) atoms. The van der Waals surface area contributed by atoms with Crippen LogP contribution in [0.3, 0.4) is 0 Å². The molecule has 1 aromatic carbocycles. The maximum Gasteiger partial charge on any atom is 0.231 e. The molecule has 8 heteroatoms. The second kappa shape index (κ2) is 9.91. The van der Waals surface area contributed by atoms with Gasteiger partial charge >= 0.3 is 0 Å². The fourth-order valence-electron chi connectivity index (χ4n) is 4.08. The van der Waals surface area contributed by atoms with Crippen molar-refractivity contribution < 1.29 is 14.2 Å². The first-order valence-corrected chi connectivity index (χ1v) is 10.8. The average Bonchev–Trinajstić information content (AvgIpc) is 3.38. The van der Waals surface area contributed by atoms with Crippen LogP contribution in [0.5, 0.6) is 11.5 Å². The number of rotatable bonds is 7. The second-order valence-corrected chi connectivity index (χ2v) is 8.81. The van der Waals surface area contributed by atoms with Crippen LogP contribution < -0.4 is 20.1 Å². The summed E-state index contributed by atoms with van der Waals surface area (Å²) in [5.74, 6) is 2.60. The van der Waals surface area contributed by atoms with E-state index in [4.69, 9.17) is 19.2 Å². The lowest BCUT2D eigenvalue weighted by molar-refractivity contribution is -0.00683. The predicted octanol–water partition coefficient (Wildman–Crippen LogP) is 2.73. The zero-order chi connectivity index (χ0) is 20.3. The van der Waals surface area contributed by atoms with E-state index in [0.717, 1.165) is 63.4 Å². The van der Waals surface area contributed by atoms with E-state index >= 15 is 0 Å². The van der Waals surface area contributed by atoms with Crippen LogP contribution in [0.2, 0.25) is 0 Å². The summed E-state index contributed by atoms with van der Waals surface area (Å²) in [6.07, 6.45) is 2.36. The summed E-state index contributed by atoms with van der Waals surface area (Å²) in [5, 5.41) is 6.99. The summed E-state index contributed by atoms with van der Waals surface area (Å²) in [6.45, 7) is 13.0. The van der Waals surface area contributed by atoms with Crippen molar-refractivity contribution in [3.63, 3.8) is 0 Å². The molecule has 1 saturated carbocycles. The number of morpholine rings is 1. The van der Waals surface area contributed by atoms with Crippen molar-refractivity contribution in [1.82, 2.24) is 15.5 Å². The number of ether oxygens (including phenoxy) is 3. The minimum Gasteiger partial charge on any atom is -0.454 e. The lowest BCUT2D eigenvalue weighted by atomic mass is 9.95. The van der Waals surface area contributed by atoms with Gasteiger partial charge in [-0.15, -0.1) is 24.0 Å². The number of fused-ring (bicyclic) bond motifs is 1. The highest BCUT2D eigenvalue weighted by molar-refractivity contribution is 14.0. The van der Waals surface area contributed by atoms with Crippen LogP contribution in [0.15, 0.2) is 23.2 Å². The molecule has 7 nitrogen and oxygen atoms in total. The number of hydrogen-bond donors (Lipinski definition) is 2.